The minimum absolute atomic E-state index is 0.0908. The van der Waals surface area contributed by atoms with Crippen molar-refractivity contribution in [2.45, 2.75) is 27.2 Å². The summed E-state index contributed by atoms with van der Waals surface area (Å²) in [5, 5.41) is 0.678. The normalized spacial score (nSPS) is 10.7. The predicted octanol–water partition coefficient (Wildman–Crippen LogP) is 4.34. The molecule has 1 aromatic heterocycles. The van der Waals surface area contributed by atoms with Crippen molar-refractivity contribution in [3.05, 3.63) is 57.5 Å². The molecular weight excluding hydrogens is 248 g/mol. The van der Waals surface area contributed by atoms with Crippen LogP contribution in [0.2, 0.25) is 5.02 Å². The van der Waals surface area contributed by atoms with Crippen LogP contribution in [-0.2, 0) is 6.42 Å². The van der Waals surface area contributed by atoms with Crippen LogP contribution in [0, 0.1) is 13.8 Å². The highest BCUT2D eigenvalue weighted by Crippen LogP contribution is 2.23. The van der Waals surface area contributed by atoms with Crippen LogP contribution in [0.4, 0.5) is 0 Å². The Balaban J connectivity index is 2.42. The number of ketones is 1. The molecule has 3 heteroatoms. The zero-order valence-corrected chi connectivity index (χ0v) is 11.5. The lowest BCUT2D eigenvalue weighted by Gasteiger charge is -2.06. The van der Waals surface area contributed by atoms with E-state index >= 15 is 0 Å². The van der Waals surface area contributed by atoms with Gasteiger partial charge in [-0.2, -0.15) is 0 Å². The average Bonchev–Trinajstić information content (AvgIpc) is 2.81. The molecule has 1 aromatic carbocycles. The third kappa shape index (κ3) is 2.34. The summed E-state index contributed by atoms with van der Waals surface area (Å²) in [6.07, 6.45) is 0.784. The number of carbonyl (C=O) groups is 1. The van der Waals surface area contributed by atoms with Crippen LogP contribution < -0.4 is 0 Å². The third-order valence-electron chi connectivity index (χ3n) is 2.98. The molecule has 0 spiro atoms. The Labute approximate surface area is 112 Å². The summed E-state index contributed by atoms with van der Waals surface area (Å²) in [6.45, 7) is 5.76. The van der Waals surface area contributed by atoms with Crippen molar-refractivity contribution in [3.8, 4) is 0 Å². The molecule has 2 aromatic rings. The van der Waals surface area contributed by atoms with Crippen molar-refractivity contribution in [1.29, 1.82) is 0 Å². The molecule has 0 fully saturated rings. The van der Waals surface area contributed by atoms with Gasteiger partial charge in [0.15, 0.2) is 5.76 Å². The largest absolute Gasteiger partial charge is 0.458 e. The predicted molar refractivity (Wildman–Crippen MR) is 72.4 cm³/mol. The topological polar surface area (TPSA) is 30.2 Å². The minimum Gasteiger partial charge on any atom is -0.458 e. The molecule has 0 atom stereocenters. The van der Waals surface area contributed by atoms with E-state index in [0.717, 1.165) is 23.3 Å². The number of aryl methyl sites for hydroxylation is 3. The quantitative estimate of drug-likeness (QED) is 0.770. The molecule has 1 heterocycles. The number of furan rings is 1. The monoisotopic (exact) mass is 262 g/mol. The van der Waals surface area contributed by atoms with Gasteiger partial charge in [0.05, 0.1) is 0 Å². The minimum atomic E-state index is -0.0908. The summed E-state index contributed by atoms with van der Waals surface area (Å²) in [5.41, 5.74) is 2.41. The van der Waals surface area contributed by atoms with Crippen molar-refractivity contribution in [3.63, 3.8) is 0 Å². The second kappa shape index (κ2) is 4.99. The highest BCUT2D eigenvalue weighted by molar-refractivity contribution is 6.31. The van der Waals surface area contributed by atoms with E-state index < -0.39 is 0 Å². The van der Waals surface area contributed by atoms with Gasteiger partial charge < -0.3 is 4.42 Å². The molecule has 2 rings (SSSR count). The molecule has 0 N–H and O–H groups in total. The number of hydrogen-bond acceptors (Lipinski definition) is 2. The highest BCUT2D eigenvalue weighted by Gasteiger charge is 2.16. The van der Waals surface area contributed by atoms with Crippen LogP contribution in [0.3, 0.4) is 0 Å². The lowest BCUT2D eigenvalue weighted by Crippen LogP contribution is -2.03. The maximum Gasteiger partial charge on any atom is 0.228 e. The second-order valence-electron chi connectivity index (χ2n) is 4.36. The Hall–Kier alpha value is -1.54. The molecule has 0 aliphatic heterocycles. The van der Waals surface area contributed by atoms with Gasteiger partial charge in [0.1, 0.15) is 5.76 Å². The fourth-order valence-electron chi connectivity index (χ4n) is 1.85. The smallest absolute Gasteiger partial charge is 0.228 e. The maximum atomic E-state index is 12.3. The van der Waals surface area contributed by atoms with Gasteiger partial charge in [-0.25, -0.2) is 0 Å². The van der Waals surface area contributed by atoms with E-state index in [-0.39, 0.29) is 5.78 Å². The van der Waals surface area contributed by atoms with Gasteiger partial charge in [-0.05, 0) is 49.2 Å². The zero-order valence-electron chi connectivity index (χ0n) is 10.7. The lowest BCUT2D eigenvalue weighted by atomic mass is 10.0. The Morgan fingerprint density at radius 1 is 1.22 bits per heavy atom. The highest BCUT2D eigenvalue weighted by atomic mass is 35.5. The number of benzene rings is 1. The lowest BCUT2D eigenvalue weighted by molar-refractivity contribution is 0.101. The molecule has 0 saturated carbocycles. The second-order valence-corrected chi connectivity index (χ2v) is 4.77. The number of hydrogen-bond donors (Lipinski definition) is 0. The van der Waals surface area contributed by atoms with E-state index in [9.17, 15) is 4.79 Å². The van der Waals surface area contributed by atoms with Gasteiger partial charge in [0, 0.05) is 17.0 Å². The molecule has 0 amide bonds. The van der Waals surface area contributed by atoms with Crippen molar-refractivity contribution in [2.24, 2.45) is 0 Å². The van der Waals surface area contributed by atoms with E-state index in [0.29, 0.717) is 16.3 Å². The molecular formula is C15H15ClO2. The van der Waals surface area contributed by atoms with E-state index in [1.54, 1.807) is 6.07 Å². The molecule has 0 unspecified atom stereocenters. The van der Waals surface area contributed by atoms with Crippen LogP contribution in [-0.4, -0.2) is 5.78 Å². The molecule has 0 radical (unpaired) electrons. The zero-order chi connectivity index (χ0) is 13.3. The summed E-state index contributed by atoms with van der Waals surface area (Å²) < 4.78 is 5.49. The standard InChI is InChI=1S/C15H15ClO2/c1-4-11-5-6-14(18-11)15(17)12-7-10(3)13(16)8-9(12)2/h5-8H,4H2,1-3H3. The molecule has 18 heavy (non-hydrogen) atoms. The van der Waals surface area contributed by atoms with Gasteiger partial charge >= 0.3 is 0 Å². The van der Waals surface area contributed by atoms with Crippen molar-refractivity contribution in [2.75, 3.05) is 0 Å². The first-order valence-corrected chi connectivity index (χ1v) is 6.31. The fourth-order valence-corrected chi connectivity index (χ4v) is 2.07. The van der Waals surface area contributed by atoms with Crippen molar-refractivity contribution >= 4 is 17.4 Å². The average molecular weight is 263 g/mol. The maximum absolute atomic E-state index is 12.3. The van der Waals surface area contributed by atoms with Crippen LogP contribution in [0.15, 0.2) is 28.7 Å². The third-order valence-corrected chi connectivity index (χ3v) is 3.39. The summed E-state index contributed by atoms with van der Waals surface area (Å²) in [6, 6.07) is 7.19. The van der Waals surface area contributed by atoms with Gasteiger partial charge in [-0.1, -0.05) is 18.5 Å². The van der Waals surface area contributed by atoms with Gasteiger partial charge in [0.25, 0.3) is 0 Å². The summed E-state index contributed by atoms with van der Waals surface area (Å²) >= 11 is 6.03. The molecule has 0 aliphatic carbocycles. The first kappa shape index (κ1) is 12.9. The van der Waals surface area contributed by atoms with Crippen molar-refractivity contribution in [1.82, 2.24) is 0 Å². The van der Waals surface area contributed by atoms with Crippen molar-refractivity contribution < 1.29 is 9.21 Å². The van der Waals surface area contributed by atoms with Crippen LogP contribution in [0.25, 0.3) is 0 Å². The molecule has 94 valence electrons. The SMILES string of the molecule is CCc1ccc(C(=O)c2cc(C)c(Cl)cc2C)o1. The van der Waals surface area contributed by atoms with E-state index in [1.807, 2.05) is 39.0 Å². The van der Waals surface area contributed by atoms with Gasteiger partial charge in [0.2, 0.25) is 5.78 Å². The van der Waals surface area contributed by atoms with Crippen LogP contribution in [0.5, 0.6) is 0 Å². The summed E-state index contributed by atoms with van der Waals surface area (Å²) in [5.74, 6) is 1.12. The van der Waals surface area contributed by atoms with Gasteiger partial charge in [-0.3, -0.25) is 4.79 Å². The van der Waals surface area contributed by atoms with E-state index in [4.69, 9.17) is 16.0 Å². The Morgan fingerprint density at radius 3 is 2.56 bits per heavy atom. The first-order chi connectivity index (χ1) is 8.52. The Bertz CT molecular complexity index is 597. The Morgan fingerprint density at radius 2 is 1.94 bits per heavy atom. The first-order valence-electron chi connectivity index (χ1n) is 5.93. The summed E-state index contributed by atoms with van der Waals surface area (Å²) in [7, 11) is 0. The molecule has 0 aliphatic rings. The summed E-state index contributed by atoms with van der Waals surface area (Å²) in [4.78, 5) is 12.3. The van der Waals surface area contributed by atoms with E-state index in [2.05, 4.69) is 0 Å². The van der Waals surface area contributed by atoms with Crippen LogP contribution in [0.1, 0.15) is 39.9 Å². The number of halogens is 1. The fraction of sp³-hybridized carbons (Fsp3) is 0.267. The number of rotatable bonds is 3. The van der Waals surface area contributed by atoms with E-state index in [1.165, 1.54) is 0 Å². The van der Waals surface area contributed by atoms with Gasteiger partial charge in [-0.15, -0.1) is 0 Å². The molecule has 2 nitrogen and oxygen atoms in total. The number of carbonyl (C=O) groups excluding carboxylic acids is 1. The Kier molecular flexibility index (Phi) is 3.58. The van der Waals surface area contributed by atoms with Crippen LogP contribution >= 0.6 is 11.6 Å². The molecule has 0 bridgehead atoms. The molecule has 0 saturated heterocycles.